The van der Waals surface area contributed by atoms with Crippen molar-refractivity contribution in [3.8, 4) is 16.8 Å². The van der Waals surface area contributed by atoms with E-state index in [1.165, 1.54) is 12.3 Å². The quantitative estimate of drug-likeness (QED) is 0.690. The molecule has 0 amide bonds. The predicted octanol–water partition coefficient (Wildman–Crippen LogP) is 3.53. The number of nitrogens with zero attached hydrogens (tertiary/aromatic N) is 4. The molecular formula is C16H12ClFN4. The third-order valence-electron chi connectivity index (χ3n) is 3.93. The van der Waals surface area contributed by atoms with E-state index in [1.54, 1.807) is 6.20 Å². The van der Waals surface area contributed by atoms with E-state index in [0.29, 0.717) is 10.6 Å². The highest BCUT2D eigenvalue weighted by molar-refractivity contribution is 6.33. The summed E-state index contributed by atoms with van der Waals surface area (Å²) in [6.45, 7) is 1.92. The minimum atomic E-state index is -0.372. The summed E-state index contributed by atoms with van der Waals surface area (Å²) < 4.78 is 15.4. The van der Waals surface area contributed by atoms with Crippen LogP contribution in [0.2, 0.25) is 5.02 Å². The van der Waals surface area contributed by atoms with E-state index in [4.69, 9.17) is 11.6 Å². The molecule has 4 nitrogen and oxygen atoms in total. The second-order valence-corrected chi connectivity index (χ2v) is 5.76. The highest BCUT2D eigenvalue weighted by Crippen LogP contribution is 2.35. The first-order chi connectivity index (χ1) is 10.6. The zero-order valence-corrected chi connectivity index (χ0v) is 12.6. The molecule has 0 radical (unpaired) electrons. The molecule has 2 aromatic heterocycles. The van der Waals surface area contributed by atoms with Gasteiger partial charge in [-0.1, -0.05) is 11.6 Å². The molecule has 0 saturated heterocycles. The summed E-state index contributed by atoms with van der Waals surface area (Å²) in [5.41, 5.74) is 3.63. The lowest BCUT2D eigenvalue weighted by Crippen LogP contribution is -2.13. The smallest absolute Gasteiger partial charge is 0.142 e. The molecular weight excluding hydrogens is 303 g/mol. The van der Waals surface area contributed by atoms with Gasteiger partial charge in [-0.15, -0.1) is 10.2 Å². The van der Waals surface area contributed by atoms with Crippen LogP contribution in [-0.4, -0.2) is 19.7 Å². The van der Waals surface area contributed by atoms with Crippen molar-refractivity contribution < 1.29 is 4.39 Å². The Hall–Kier alpha value is -2.27. The molecule has 4 rings (SSSR count). The number of hydrogen-bond acceptors (Lipinski definition) is 3. The summed E-state index contributed by atoms with van der Waals surface area (Å²) in [5, 5.41) is 8.88. The van der Waals surface area contributed by atoms with Gasteiger partial charge in [0.25, 0.3) is 0 Å². The topological polar surface area (TPSA) is 43.6 Å². The number of rotatable bonds is 1. The van der Waals surface area contributed by atoms with E-state index in [0.717, 1.165) is 41.3 Å². The summed E-state index contributed by atoms with van der Waals surface area (Å²) in [5.74, 6) is 1.41. The monoisotopic (exact) mass is 314 g/mol. The normalized spacial score (nSPS) is 12.9. The fourth-order valence-electron chi connectivity index (χ4n) is 2.92. The van der Waals surface area contributed by atoms with Crippen LogP contribution in [-0.2, 0) is 12.8 Å². The SMILES string of the molecule is Cc1nnc2n1-c1cc(Cl)c(-c3cncc(F)c3)cc1CC2. The first-order valence-corrected chi connectivity index (χ1v) is 7.36. The summed E-state index contributed by atoms with van der Waals surface area (Å²) in [6.07, 6.45) is 4.49. The fourth-order valence-corrected chi connectivity index (χ4v) is 3.19. The first-order valence-electron chi connectivity index (χ1n) is 6.98. The highest BCUT2D eigenvalue weighted by atomic mass is 35.5. The summed E-state index contributed by atoms with van der Waals surface area (Å²) >= 11 is 6.43. The largest absolute Gasteiger partial charge is 0.283 e. The van der Waals surface area contributed by atoms with Gasteiger partial charge in [-0.3, -0.25) is 9.55 Å². The molecule has 1 aliphatic rings. The minimum Gasteiger partial charge on any atom is -0.283 e. The lowest BCUT2D eigenvalue weighted by Gasteiger charge is -2.20. The van der Waals surface area contributed by atoms with Gasteiger partial charge >= 0.3 is 0 Å². The van der Waals surface area contributed by atoms with Crippen LogP contribution in [0.3, 0.4) is 0 Å². The minimum absolute atomic E-state index is 0.372. The Balaban J connectivity index is 1.91. The van der Waals surface area contributed by atoms with Gasteiger partial charge in [0.2, 0.25) is 0 Å². The number of aryl methyl sites for hydroxylation is 3. The van der Waals surface area contributed by atoms with Crippen molar-refractivity contribution in [2.24, 2.45) is 0 Å². The van der Waals surface area contributed by atoms with Crippen LogP contribution in [0.4, 0.5) is 4.39 Å². The Morgan fingerprint density at radius 1 is 1.14 bits per heavy atom. The Labute approximate surface area is 131 Å². The molecule has 6 heteroatoms. The van der Waals surface area contributed by atoms with Gasteiger partial charge in [0.15, 0.2) is 0 Å². The summed E-state index contributed by atoms with van der Waals surface area (Å²) in [7, 11) is 0. The molecule has 3 aromatic rings. The van der Waals surface area contributed by atoms with Gasteiger partial charge in [-0.05, 0) is 37.1 Å². The van der Waals surface area contributed by atoms with Crippen molar-refractivity contribution in [1.82, 2.24) is 19.7 Å². The van der Waals surface area contributed by atoms with Crippen LogP contribution >= 0.6 is 11.6 Å². The van der Waals surface area contributed by atoms with E-state index in [-0.39, 0.29) is 5.82 Å². The van der Waals surface area contributed by atoms with Crippen LogP contribution in [0.5, 0.6) is 0 Å². The van der Waals surface area contributed by atoms with E-state index in [9.17, 15) is 4.39 Å². The zero-order chi connectivity index (χ0) is 15.3. The molecule has 0 spiro atoms. The average Bonchev–Trinajstić information content (AvgIpc) is 2.88. The summed E-state index contributed by atoms with van der Waals surface area (Å²) in [4.78, 5) is 3.90. The molecule has 0 fully saturated rings. The van der Waals surface area contributed by atoms with E-state index in [2.05, 4.69) is 15.2 Å². The van der Waals surface area contributed by atoms with Crippen LogP contribution < -0.4 is 0 Å². The number of halogens is 2. The third kappa shape index (κ3) is 2.01. The Bertz CT molecular complexity index is 888. The van der Waals surface area contributed by atoms with Crippen LogP contribution in [0, 0.1) is 12.7 Å². The van der Waals surface area contributed by atoms with E-state index >= 15 is 0 Å². The van der Waals surface area contributed by atoms with Crippen molar-refractivity contribution in [2.75, 3.05) is 0 Å². The molecule has 110 valence electrons. The van der Waals surface area contributed by atoms with Gasteiger partial charge in [-0.25, -0.2) is 4.39 Å². The number of benzene rings is 1. The van der Waals surface area contributed by atoms with Gasteiger partial charge in [0.05, 0.1) is 16.9 Å². The zero-order valence-electron chi connectivity index (χ0n) is 11.8. The van der Waals surface area contributed by atoms with E-state index < -0.39 is 0 Å². The maximum Gasteiger partial charge on any atom is 0.142 e. The van der Waals surface area contributed by atoms with Crippen LogP contribution in [0.15, 0.2) is 30.6 Å². The molecule has 0 unspecified atom stereocenters. The Morgan fingerprint density at radius 3 is 2.82 bits per heavy atom. The van der Waals surface area contributed by atoms with Gasteiger partial charge < -0.3 is 0 Å². The number of aromatic nitrogens is 4. The number of pyridine rings is 1. The molecule has 0 atom stereocenters. The van der Waals surface area contributed by atoms with Crippen molar-refractivity contribution in [3.05, 3.63) is 58.6 Å². The van der Waals surface area contributed by atoms with Crippen molar-refractivity contribution in [2.45, 2.75) is 19.8 Å². The van der Waals surface area contributed by atoms with E-state index in [1.807, 2.05) is 23.6 Å². The highest BCUT2D eigenvalue weighted by Gasteiger charge is 2.21. The maximum absolute atomic E-state index is 13.4. The fraction of sp³-hybridized carbons (Fsp3) is 0.188. The van der Waals surface area contributed by atoms with Crippen molar-refractivity contribution in [1.29, 1.82) is 0 Å². The molecule has 0 bridgehead atoms. The molecule has 22 heavy (non-hydrogen) atoms. The lowest BCUT2D eigenvalue weighted by molar-refractivity contribution is 0.622. The molecule has 0 saturated carbocycles. The van der Waals surface area contributed by atoms with Crippen molar-refractivity contribution in [3.63, 3.8) is 0 Å². The average molecular weight is 315 g/mol. The third-order valence-corrected chi connectivity index (χ3v) is 4.25. The lowest BCUT2D eigenvalue weighted by atomic mass is 9.97. The molecule has 3 heterocycles. The molecule has 1 aliphatic heterocycles. The maximum atomic E-state index is 13.4. The second-order valence-electron chi connectivity index (χ2n) is 5.35. The van der Waals surface area contributed by atoms with Crippen molar-refractivity contribution >= 4 is 11.6 Å². The summed E-state index contributed by atoms with van der Waals surface area (Å²) in [6, 6.07) is 5.35. The Morgan fingerprint density at radius 2 is 2.00 bits per heavy atom. The second kappa shape index (κ2) is 4.88. The standard InChI is InChI=1S/C16H12ClFN4/c1-9-20-21-16-3-2-10-5-13(11-4-12(18)8-19-7-11)14(17)6-15(10)22(9)16/h4-8H,2-3H2,1H3. The predicted molar refractivity (Wildman–Crippen MR) is 81.7 cm³/mol. The van der Waals surface area contributed by atoms with Gasteiger partial charge in [-0.2, -0.15) is 0 Å². The molecule has 1 aromatic carbocycles. The van der Waals surface area contributed by atoms with Gasteiger partial charge in [0, 0.05) is 23.7 Å². The van der Waals surface area contributed by atoms with Crippen LogP contribution in [0.25, 0.3) is 16.8 Å². The number of hydrogen-bond donors (Lipinski definition) is 0. The van der Waals surface area contributed by atoms with Gasteiger partial charge in [0.1, 0.15) is 17.5 Å². The Kier molecular flexibility index (Phi) is 2.97. The van der Waals surface area contributed by atoms with Crippen LogP contribution in [0.1, 0.15) is 17.2 Å². The molecule has 0 aliphatic carbocycles. The first kappa shape index (κ1) is 13.4. The molecule has 0 N–H and O–H groups in total. The number of fused-ring (bicyclic) bond motifs is 3.